The first kappa shape index (κ1) is 14.9. The van der Waals surface area contributed by atoms with Crippen molar-refractivity contribution >= 4 is 28.7 Å². The number of hydrogen-bond donors (Lipinski definition) is 0. The lowest BCUT2D eigenvalue weighted by Gasteiger charge is -2.27. The number of carbonyl (C=O) groups is 1. The summed E-state index contributed by atoms with van der Waals surface area (Å²) in [5, 5.41) is 0.743. The highest BCUT2D eigenvalue weighted by Gasteiger charge is 2.25. The predicted octanol–water partition coefficient (Wildman–Crippen LogP) is 3.89. The Labute approximate surface area is 124 Å². The first-order chi connectivity index (χ1) is 9.63. The van der Waals surface area contributed by atoms with Gasteiger partial charge in [0.15, 0.2) is 5.17 Å². The largest absolute Gasteiger partial charge is 0.449 e. The molecule has 20 heavy (non-hydrogen) atoms. The van der Waals surface area contributed by atoms with Crippen molar-refractivity contribution in [3.05, 3.63) is 29.3 Å². The van der Waals surface area contributed by atoms with E-state index in [2.05, 4.69) is 0 Å². The van der Waals surface area contributed by atoms with Gasteiger partial charge in [-0.15, -0.1) is 0 Å². The summed E-state index contributed by atoms with van der Waals surface area (Å²) in [6.45, 7) is 6.95. The number of aliphatic imine (C=N–C) groups is 1. The van der Waals surface area contributed by atoms with Crippen LogP contribution in [0.4, 0.5) is 10.5 Å². The summed E-state index contributed by atoms with van der Waals surface area (Å²) in [5.41, 5.74) is 3.19. The van der Waals surface area contributed by atoms with Gasteiger partial charge in [0.05, 0.1) is 12.3 Å². The van der Waals surface area contributed by atoms with Crippen LogP contribution in [0.2, 0.25) is 0 Å². The number of hydrogen-bond acceptors (Lipinski definition) is 4. The van der Waals surface area contributed by atoms with Gasteiger partial charge in [-0.05, 0) is 38.3 Å². The number of benzene rings is 1. The Morgan fingerprint density at radius 3 is 2.75 bits per heavy atom. The Hall–Kier alpha value is -1.49. The van der Waals surface area contributed by atoms with Gasteiger partial charge in [-0.2, -0.15) is 0 Å². The van der Waals surface area contributed by atoms with E-state index < -0.39 is 0 Å². The monoisotopic (exact) mass is 292 g/mol. The third kappa shape index (κ3) is 3.33. The normalized spacial score (nSPS) is 17.4. The number of para-hydroxylation sites is 1. The van der Waals surface area contributed by atoms with Gasteiger partial charge in [-0.3, -0.25) is 4.90 Å². The summed E-state index contributed by atoms with van der Waals surface area (Å²) in [4.78, 5) is 18.3. The third-order valence-corrected chi connectivity index (χ3v) is 4.19. The van der Waals surface area contributed by atoms with Gasteiger partial charge < -0.3 is 4.74 Å². The van der Waals surface area contributed by atoms with Crippen LogP contribution < -0.4 is 0 Å². The van der Waals surface area contributed by atoms with Crippen molar-refractivity contribution in [1.82, 2.24) is 4.90 Å². The van der Waals surface area contributed by atoms with E-state index in [1.165, 1.54) is 0 Å². The smallest absolute Gasteiger partial charge is 0.415 e. The maximum absolute atomic E-state index is 12.0. The highest BCUT2D eigenvalue weighted by Crippen LogP contribution is 2.27. The molecular formula is C15H20N2O2S. The van der Waals surface area contributed by atoms with E-state index in [9.17, 15) is 4.79 Å². The van der Waals surface area contributed by atoms with E-state index in [-0.39, 0.29) is 6.09 Å². The fourth-order valence-corrected chi connectivity index (χ4v) is 3.03. The Balaban J connectivity index is 2.32. The number of thioether (sulfide) groups is 1. The van der Waals surface area contributed by atoms with Gasteiger partial charge in [0, 0.05) is 12.3 Å². The van der Waals surface area contributed by atoms with E-state index in [1.54, 1.807) is 16.7 Å². The number of ether oxygens (including phenoxy) is 1. The first-order valence-corrected chi connectivity index (χ1v) is 7.84. The zero-order chi connectivity index (χ0) is 14.5. The van der Waals surface area contributed by atoms with Crippen molar-refractivity contribution in [2.75, 3.05) is 18.9 Å². The molecule has 0 N–H and O–H groups in total. The van der Waals surface area contributed by atoms with Gasteiger partial charge in [0.2, 0.25) is 0 Å². The van der Waals surface area contributed by atoms with Crippen LogP contribution in [-0.4, -0.2) is 35.1 Å². The van der Waals surface area contributed by atoms with Crippen LogP contribution in [-0.2, 0) is 4.74 Å². The molecule has 1 aromatic carbocycles. The van der Waals surface area contributed by atoms with Crippen LogP contribution in [0, 0.1) is 13.8 Å². The Morgan fingerprint density at radius 1 is 1.40 bits per heavy atom. The van der Waals surface area contributed by atoms with Crippen LogP contribution in [0.15, 0.2) is 23.2 Å². The molecule has 1 amide bonds. The Morgan fingerprint density at radius 2 is 2.10 bits per heavy atom. The molecule has 0 saturated carbocycles. The average molecular weight is 292 g/mol. The second-order valence-electron chi connectivity index (χ2n) is 4.69. The van der Waals surface area contributed by atoms with Gasteiger partial charge in [0.25, 0.3) is 0 Å². The lowest BCUT2D eigenvalue weighted by molar-refractivity contribution is 0.128. The van der Waals surface area contributed by atoms with Crippen LogP contribution in [0.5, 0.6) is 0 Å². The first-order valence-electron chi connectivity index (χ1n) is 6.85. The molecule has 1 fully saturated rings. The molecule has 0 spiro atoms. The molecule has 1 saturated heterocycles. The summed E-state index contributed by atoms with van der Waals surface area (Å²) >= 11 is 1.61. The molecule has 0 radical (unpaired) electrons. The standard InChI is InChI=1S/C15H20N2O2S/c1-4-19-15(18)17-9-6-10-20-14(17)16-13-11(2)7-5-8-12(13)3/h5,7-8H,4,6,9-10H2,1-3H3. The predicted molar refractivity (Wildman–Crippen MR) is 83.8 cm³/mol. The van der Waals surface area contributed by atoms with Crippen LogP contribution in [0.1, 0.15) is 24.5 Å². The molecule has 5 heteroatoms. The molecule has 0 aromatic heterocycles. The minimum atomic E-state index is -0.301. The average Bonchev–Trinajstić information content (AvgIpc) is 2.44. The van der Waals surface area contributed by atoms with Gasteiger partial charge >= 0.3 is 6.09 Å². The molecule has 0 aliphatic carbocycles. The quantitative estimate of drug-likeness (QED) is 0.830. The lowest BCUT2D eigenvalue weighted by Crippen LogP contribution is -2.39. The second-order valence-corrected chi connectivity index (χ2v) is 5.75. The number of aryl methyl sites for hydroxylation is 2. The highest BCUT2D eigenvalue weighted by atomic mass is 32.2. The van der Waals surface area contributed by atoms with Crippen molar-refractivity contribution in [3.63, 3.8) is 0 Å². The molecule has 1 aromatic rings. The number of nitrogens with zero attached hydrogens (tertiary/aromatic N) is 2. The topological polar surface area (TPSA) is 41.9 Å². The Kier molecular flexibility index (Phi) is 5.06. The molecule has 1 aliphatic rings. The zero-order valence-electron chi connectivity index (χ0n) is 12.2. The maximum Gasteiger partial charge on any atom is 0.415 e. The second kappa shape index (κ2) is 6.79. The van der Waals surface area contributed by atoms with Gasteiger partial charge in [0.1, 0.15) is 0 Å². The summed E-state index contributed by atoms with van der Waals surface area (Å²) in [5.74, 6) is 0.986. The van der Waals surface area contributed by atoms with Crippen LogP contribution in [0.25, 0.3) is 0 Å². The molecule has 4 nitrogen and oxygen atoms in total. The van der Waals surface area contributed by atoms with Crippen LogP contribution in [0.3, 0.4) is 0 Å². The lowest BCUT2D eigenvalue weighted by atomic mass is 10.1. The van der Waals surface area contributed by atoms with Crippen molar-refractivity contribution in [2.45, 2.75) is 27.2 Å². The minimum absolute atomic E-state index is 0.301. The molecule has 2 rings (SSSR count). The third-order valence-electron chi connectivity index (χ3n) is 3.12. The summed E-state index contributed by atoms with van der Waals surface area (Å²) in [6.07, 6.45) is 0.666. The van der Waals surface area contributed by atoms with E-state index in [0.29, 0.717) is 13.2 Å². The number of amides is 1. The molecule has 108 valence electrons. The summed E-state index contributed by atoms with van der Waals surface area (Å²) < 4.78 is 5.10. The van der Waals surface area contributed by atoms with E-state index in [1.807, 2.05) is 39.0 Å². The summed E-state index contributed by atoms with van der Waals surface area (Å²) in [7, 11) is 0. The Bertz CT molecular complexity index is 508. The molecule has 0 bridgehead atoms. The molecule has 1 aliphatic heterocycles. The fourth-order valence-electron chi connectivity index (χ4n) is 2.10. The van der Waals surface area contributed by atoms with Crippen molar-refractivity contribution in [1.29, 1.82) is 0 Å². The van der Waals surface area contributed by atoms with Gasteiger partial charge in [-0.25, -0.2) is 9.79 Å². The highest BCUT2D eigenvalue weighted by molar-refractivity contribution is 8.13. The number of carbonyl (C=O) groups excluding carboxylic acids is 1. The van der Waals surface area contributed by atoms with Crippen molar-refractivity contribution < 1.29 is 9.53 Å². The van der Waals surface area contributed by atoms with Gasteiger partial charge in [-0.1, -0.05) is 30.0 Å². The molecule has 1 heterocycles. The van der Waals surface area contributed by atoms with E-state index in [4.69, 9.17) is 9.73 Å². The van der Waals surface area contributed by atoms with Crippen LogP contribution >= 0.6 is 11.8 Å². The van der Waals surface area contributed by atoms with E-state index >= 15 is 0 Å². The molecular weight excluding hydrogens is 272 g/mol. The minimum Gasteiger partial charge on any atom is -0.449 e. The zero-order valence-corrected chi connectivity index (χ0v) is 13.0. The van der Waals surface area contributed by atoms with E-state index in [0.717, 1.165) is 34.2 Å². The maximum atomic E-state index is 12.0. The SMILES string of the molecule is CCOC(=O)N1CCCSC1=Nc1c(C)cccc1C. The van der Waals surface area contributed by atoms with Crippen molar-refractivity contribution in [2.24, 2.45) is 4.99 Å². The number of amidine groups is 1. The van der Waals surface area contributed by atoms with Crippen molar-refractivity contribution in [3.8, 4) is 0 Å². The fraction of sp³-hybridized carbons (Fsp3) is 0.467. The number of rotatable bonds is 2. The summed E-state index contributed by atoms with van der Waals surface area (Å²) in [6, 6.07) is 6.09. The molecule has 0 unspecified atom stereocenters. The molecule has 0 atom stereocenters.